The second kappa shape index (κ2) is 16.3. The summed E-state index contributed by atoms with van der Waals surface area (Å²) in [5, 5.41) is 7.13. The van der Waals surface area contributed by atoms with Crippen LogP contribution in [-0.4, -0.2) is 55.4 Å². The van der Waals surface area contributed by atoms with Crippen molar-refractivity contribution >= 4 is 69.9 Å². The number of nitrogens with one attached hydrogen (secondary N) is 1. The number of aromatic amines is 1. The number of rotatable bonds is 15. The molecule has 6 atom stereocenters. The molecule has 1 saturated heterocycles. The number of benzene rings is 5. The Kier molecular flexibility index (Phi) is 11.6. The lowest BCUT2D eigenvalue weighted by Gasteiger charge is -2.22. The highest BCUT2D eigenvalue weighted by molar-refractivity contribution is 7.99. The van der Waals surface area contributed by atoms with Crippen LogP contribution >= 0.6 is 37.6 Å². The molecule has 0 saturated carbocycles. The van der Waals surface area contributed by atoms with Gasteiger partial charge in [-0.3, -0.25) is 14.3 Å². The van der Waals surface area contributed by atoms with Crippen LogP contribution in [0.1, 0.15) is 18.2 Å². The molecular formula is C34H33N2O11P3S. The molecule has 1 aliphatic rings. The van der Waals surface area contributed by atoms with E-state index in [1.54, 1.807) is 43.0 Å². The molecule has 1 fully saturated rings. The maximum absolute atomic E-state index is 12.5. The zero-order valence-electron chi connectivity index (χ0n) is 27.0. The lowest BCUT2D eigenvalue weighted by Crippen LogP contribution is -2.33. The zero-order chi connectivity index (χ0) is 35.5. The van der Waals surface area contributed by atoms with Crippen LogP contribution in [0.25, 0.3) is 32.3 Å². The molecule has 0 spiro atoms. The Balaban J connectivity index is 0.910. The molecule has 1 aliphatic heterocycles. The number of nitrogens with zero attached hydrogens (tertiary/aromatic N) is 1. The number of H-pyrrole nitrogens is 1. The van der Waals surface area contributed by atoms with Crippen LogP contribution in [0.3, 0.4) is 0 Å². The Morgan fingerprint density at radius 2 is 1.57 bits per heavy atom. The minimum atomic E-state index is -2.78. The van der Waals surface area contributed by atoms with E-state index in [0.29, 0.717) is 17.1 Å². The minimum Gasteiger partial charge on any atom is -0.491 e. The molecule has 13 nitrogen and oxygen atoms in total. The molecule has 51 heavy (non-hydrogen) atoms. The molecule has 4 N–H and O–H groups in total. The van der Waals surface area contributed by atoms with Gasteiger partial charge >= 0.3 is 31.5 Å². The summed E-state index contributed by atoms with van der Waals surface area (Å²) in [6.45, 7) is 1.68. The molecule has 0 aliphatic carbocycles. The average Bonchev–Trinajstić information content (AvgIpc) is 3.52. The first-order chi connectivity index (χ1) is 24.7. The van der Waals surface area contributed by atoms with Gasteiger partial charge in [-0.25, -0.2) is 13.4 Å². The smallest absolute Gasteiger partial charge is 0.344 e. The van der Waals surface area contributed by atoms with E-state index in [4.69, 9.17) is 27.1 Å². The number of aromatic nitrogens is 2. The molecule has 0 radical (unpaired) electrons. The van der Waals surface area contributed by atoms with Crippen molar-refractivity contribution < 1.29 is 41.8 Å². The van der Waals surface area contributed by atoms with E-state index in [9.17, 15) is 24.3 Å². The predicted molar refractivity (Wildman–Crippen MR) is 198 cm³/mol. The van der Waals surface area contributed by atoms with Crippen LogP contribution < -0.4 is 16.0 Å². The lowest BCUT2D eigenvalue weighted by atomic mass is 9.94. The second-order valence-corrected chi connectivity index (χ2v) is 15.9. The molecule has 7 rings (SSSR count). The van der Waals surface area contributed by atoms with Gasteiger partial charge in [0.15, 0.2) is 0 Å². The monoisotopic (exact) mass is 770 g/mol. The lowest BCUT2D eigenvalue weighted by molar-refractivity contribution is -0.0383. The largest absolute Gasteiger partial charge is 0.491 e. The first kappa shape index (κ1) is 36.3. The fourth-order valence-corrected chi connectivity index (χ4v) is 9.41. The Morgan fingerprint density at radius 3 is 2.35 bits per heavy atom. The maximum Gasteiger partial charge on any atom is 0.344 e. The van der Waals surface area contributed by atoms with Crippen LogP contribution in [0.4, 0.5) is 0 Å². The van der Waals surface area contributed by atoms with Crippen molar-refractivity contribution in [3.63, 3.8) is 0 Å². The van der Waals surface area contributed by atoms with E-state index in [1.807, 2.05) is 6.07 Å². The molecule has 0 amide bonds. The van der Waals surface area contributed by atoms with Gasteiger partial charge in [0, 0.05) is 28.8 Å². The Bertz CT molecular complexity index is 2210. The van der Waals surface area contributed by atoms with E-state index in [2.05, 4.69) is 59.6 Å². The molecule has 6 aromatic rings. The quantitative estimate of drug-likeness (QED) is 0.0366. The van der Waals surface area contributed by atoms with Gasteiger partial charge in [0.05, 0.1) is 6.61 Å². The number of ether oxygens (including phenoxy) is 2. The summed E-state index contributed by atoms with van der Waals surface area (Å²) in [5.41, 5.74) is -0.867. The standard InChI is InChI=1S/C34H33N2O11P3S/c1-21-19-36(34(38)35-33(21)37)30-18-27(28(44-30)20-42-25-8-3-2-4-9-25)45-49(40)47-50(41)46-48(39)43-16-17-51-29-15-13-24-11-10-22-6-5-7-23-12-14-26(29)32(24)31(22)23/h2-15,19,27-28,30,39-41H,16-18,20H2,1H3,(H,35,37,38)/t27-,28?,30?,48?,49?,50?/m1/s1. The van der Waals surface area contributed by atoms with E-state index >= 15 is 0 Å². The van der Waals surface area contributed by atoms with Gasteiger partial charge in [-0.15, -0.1) is 11.8 Å². The maximum atomic E-state index is 12.5. The first-order valence-corrected chi connectivity index (χ1v) is 20.2. The van der Waals surface area contributed by atoms with Gasteiger partial charge in [0.1, 0.15) is 30.8 Å². The average molecular weight is 771 g/mol. The summed E-state index contributed by atoms with van der Waals surface area (Å²) >= 11 is 1.58. The fraction of sp³-hybridized carbons (Fsp3) is 0.235. The number of para-hydroxylation sites is 1. The second-order valence-electron chi connectivity index (χ2n) is 11.6. The molecule has 17 heteroatoms. The van der Waals surface area contributed by atoms with Gasteiger partial charge in [-0.2, -0.15) is 0 Å². The summed E-state index contributed by atoms with van der Waals surface area (Å²) in [7, 11) is -8.04. The molecule has 2 heterocycles. The normalized spacial score (nSPS) is 19.6. The SMILES string of the molecule is Cc1cn(C2C[C@@H](OP(O)OP(O)OP(O)OCCSc3ccc4ccc5cccc6ccc3c4c56)C(COc3ccccc3)O2)c(=O)[nH]c1=O. The Hall–Kier alpha value is -3.06. The summed E-state index contributed by atoms with van der Waals surface area (Å²) in [4.78, 5) is 59.0. The highest BCUT2D eigenvalue weighted by Crippen LogP contribution is 2.57. The fourth-order valence-electron chi connectivity index (χ4n) is 6.02. The first-order valence-electron chi connectivity index (χ1n) is 15.8. The highest BCUT2D eigenvalue weighted by atomic mass is 32.2. The summed E-state index contributed by atoms with van der Waals surface area (Å²) in [6, 6.07) is 28.0. The molecule has 5 aromatic carbocycles. The third-order valence-corrected chi connectivity index (χ3v) is 12.5. The van der Waals surface area contributed by atoms with Gasteiger partial charge in [0.2, 0.25) is 0 Å². The number of hydrogen-bond acceptors (Lipinski definition) is 12. The van der Waals surface area contributed by atoms with Crippen LogP contribution in [0.15, 0.2) is 106 Å². The third kappa shape index (κ3) is 8.45. The molecule has 0 bridgehead atoms. The van der Waals surface area contributed by atoms with Gasteiger partial charge in [0.25, 0.3) is 5.56 Å². The van der Waals surface area contributed by atoms with E-state index in [0.717, 1.165) is 10.3 Å². The van der Waals surface area contributed by atoms with Gasteiger partial charge in [-0.05, 0) is 57.4 Å². The van der Waals surface area contributed by atoms with Crippen LogP contribution in [-0.2, 0) is 22.4 Å². The molecule has 1 aromatic heterocycles. The molecule has 5 unspecified atom stereocenters. The third-order valence-electron chi connectivity index (χ3n) is 8.33. The van der Waals surface area contributed by atoms with Crippen molar-refractivity contribution in [3.05, 3.63) is 118 Å². The van der Waals surface area contributed by atoms with E-state index < -0.39 is 55.5 Å². The van der Waals surface area contributed by atoms with Crippen molar-refractivity contribution in [1.29, 1.82) is 0 Å². The summed E-state index contributed by atoms with van der Waals surface area (Å²) in [5.74, 6) is 1.07. The van der Waals surface area contributed by atoms with Crippen molar-refractivity contribution in [2.45, 2.75) is 36.7 Å². The summed E-state index contributed by atoms with van der Waals surface area (Å²) in [6.07, 6.45) is -1.00. The number of aryl methyl sites for hydroxylation is 1. The highest BCUT2D eigenvalue weighted by Gasteiger charge is 2.40. The van der Waals surface area contributed by atoms with Crippen molar-refractivity contribution in [2.75, 3.05) is 19.0 Å². The zero-order valence-corrected chi connectivity index (χ0v) is 30.5. The van der Waals surface area contributed by atoms with Crippen molar-refractivity contribution in [1.82, 2.24) is 9.55 Å². The Labute approximate surface area is 299 Å². The van der Waals surface area contributed by atoms with Gasteiger partial charge < -0.3 is 33.2 Å². The minimum absolute atomic E-state index is 0.00175. The Morgan fingerprint density at radius 1 is 0.863 bits per heavy atom. The van der Waals surface area contributed by atoms with Crippen molar-refractivity contribution in [3.8, 4) is 5.75 Å². The topological polar surface area (TPSA) is 171 Å². The van der Waals surface area contributed by atoms with E-state index in [1.165, 1.54) is 37.7 Å². The molecule has 266 valence electrons. The van der Waals surface area contributed by atoms with Crippen LogP contribution in [0, 0.1) is 6.92 Å². The number of hydrogen-bond donors (Lipinski definition) is 4. The van der Waals surface area contributed by atoms with E-state index in [-0.39, 0.29) is 19.6 Å². The van der Waals surface area contributed by atoms with Gasteiger partial charge in [-0.1, -0.05) is 66.7 Å². The van der Waals surface area contributed by atoms with Crippen LogP contribution in [0.2, 0.25) is 0 Å². The predicted octanol–water partition coefficient (Wildman–Crippen LogP) is 6.99. The number of thioether (sulfide) groups is 1. The van der Waals surface area contributed by atoms with Crippen LogP contribution in [0.5, 0.6) is 5.75 Å². The molecular weight excluding hydrogens is 737 g/mol. The summed E-state index contributed by atoms with van der Waals surface area (Å²) < 4.78 is 34.4. The van der Waals surface area contributed by atoms with Crippen molar-refractivity contribution in [2.24, 2.45) is 0 Å².